The van der Waals surface area contributed by atoms with E-state index in [2.05, 4.69) is 35.6 Å². The van der Waals surface area contributed by atoms with E-state index in [0.717, 1.165) is 18.3 Å². The Bertz CT molecular complexity index is 1090. The summed E-state index contributed by atoms with van der Waals surface area (Å²) >= 11 is 0. The van der Waals surface area contributed by atoms with Gasteiger partial charge < -0.3 is 15.7 Å². The molecule has 0 saturated heterocycles. The lowest BCUT2D eigenvalue weighted by atomic mass is 10.3. The number of rotatable bonds is 6. The van der Waals surface area contributed by atoms with Crippen LogP contribution < -0.4 is 10.6 Å². The normalized spacial score (nSPS) is 13.0. The average Bonchev–Trinajstić information content (AvgIpc) is 2.72. The first-order valence-electron chi connectivity index (χ1n) is 9.01. The highest BCUT2D eigenvalue weighted by Gasteiger charge is 2.33. The van der Waals surface area contributed by atoms with E-state index in [1.807, 2.05) is 0 Å². The summed E-state index contributed by atoms with van der Waals surface area (Å²) in [6.45, 7) is 1.64. The lowest BCUT2D eigenvalue weighted by Crippen LogP contribution is -2.20. The van der Waals surface area contributed by atoms with Gasteiger partial charge in [0.15, 0.2) is 5.82 Å². The molecule has 3 aromatic heterocycles. The molecule has 0 aliphatic rings. The maximum absolute atomic E-state index is 13.0. The van der Waals surface area contributed by atoms with E-state index >= 15 is 0 Å². The number of hydrogen-bond donors (Lipinski definition) is 3. The zero-order valence-corrected chi connectivity index (χ0v) is 16.2. The van der Waals surface area contributed by atoms with Gasteiger partial charge in [-0.15, -0.1) is 0 Å². The van der Waals surface area contributed by atoms with E-state index in [-0.39, 0.29) is 35.5 Å². The number of anilines is 3. The van der Waals surface area contributed by atoms with Crippen molar-refractivity contribution >= 4 is 17.6 Å². The van der Waals surface area contributed by atoms with E-state index in [9.17, 15) is 31.4 Å². The van der Waals surface area contributed by atoms with Crippen molar-refractivity contribution in [2.24, 2.45) is 0 Å². The van der Waals surface area contributed by atoms with Gasteiger partial charge in [-0.05, 0) is 30.7 Å². The number of nitrogens with one attached hydrogen (secondary N) is 2. The van der Waals surface area contributed by atoms with Crippen LogP contribution in [0.5, 0.6) is 0 Å². The van der Waals surface area contributed by atoms with E-state index in [1.165, 1.54) is 12.1 Å². The summed E-state index contributed by atoms with van der Waals surface area (Å²) in [7, 11) is 0. The molecule has 0 spiro atoms. The van der Waals surface area contributed by atoms with Crippen LogP contribution in [0.2, 0.25) is 0 Å². The van der Waals surface area contributed by atoms with Crippen molar-refractivity contribution < 1.29 is 31.4 Å². The molecule has 3 N–H and O–H groups in total. The maximum Gasteiger partial charge on any atom is 0.433 e. The lowest BCUT2D eigenvalue weighted by molar-refractivity contribution is -0.141. The molecule has 3 rings (SSSR count). The molecule has 14 heteroatoms. The molecule has 3 heterocycles. The molecule has 0 bridgehead atoms. The molecule has 0 aliphatic carbocycles. The molecule has 170 valence electrons. The summed E-state index contributed by atoms with van der Waals surface area (Å²) in [4.78, 5) is 18.6. The van der Waals surface area contributed by atoms with Crippen LogP contribution in [0.3, 0.4) is 0 Å². The molecule has 3 aromatic rings. The van der Waals surface area contributed by atoms with E-state index in [1.54, 1.807) is 6.92 Å². The molecule has 0 amide bonds. The van der Waals surface area contributed by atoms with Gasteiger partial charge in [-0.1, -0.05) is 13.0 Å². The lowest BCUT2D eigenvalue weighted by Gasteiger charge is -2.14. The number of aromatic nitrogens is 5. The fraction of sp³-hybridized carbons (Fsp3) is 0.278. The number of aliphatic hydroxyl groups excluding tert-OH is 1. The Hall–Kier alpha value is -3.55. The van der Waals surface area contributed by atoms with Crippen LogP contribution in [-0.2, 0) is 12.4 Å². The van der Waals surface area contributed by atoms with Crippen molar-refractivity contribution in [3.05, 3.63) is 47.9 Å². The van der Waals surface area contributed by atoms with Crippen molar-refractivity contribution in [3.63, 3.8) is 0 Å². The van der Waals surface area contributed by atoms with Crippen LogP contribution in [0, 0.1) is 0 Å². The van der Waals surface area contributed by atoms with Gasteiger partial charge in [-0.3, -0.25) is 4.98 Å². The highest BCUT2D eigenvalue weighted by Crippen LogP contribution is 2.31. The van der Waals surface area contributed by atoms with Crippen molar-refractivity contribution in [2.75, 3.05) is 10.6 Å². The Kier molecular flexibility index (Phi) is 6.43. The number of alkyl halides is 6. The Labute approximate surface area is 176 Å². The third-order valence-corrected chi connectivity index (χ3v) is 3.89. The number of pyridine rings is 2. The van der Waals surface area contributed by atoms with Gasteiger partial charge in [0.25, 0.3) is 0 Å². The molecule has 32 heavy (non-hydrogen) atoms. The van der Waals surface area contributed by atoms with Crippen LogP contribution >= 0.6 is 0 Å². The van der Waals surface area contributed by atoms with Crippen molar-refractivity contribution in [1.82, 2.24) is 24.9 Å². The molecule has 8 nitrogen and oxygen atoms in total. The fourth-order valence-corrected chi connectivity index (χ4v) is 2.37. The summed E-state index contributed by atoms with van der Waals surface area (Å²) < 4.78 is 77.7. The molecule has 1 unspecified atom stereocenters. The second-order valence-corrected chi connectivity index (χ2v) is 6.33. The maximum atomic E-state index is 13.0. The van der Waals surface area contributed by atoms with Crippen LogP contribution in [0.1, 0.15) is 24.7 Å². The highest BCUT2D eigenvalue weighted by molar-refractivity contribution is 5.59. The quantitative estimate of drug-likeness (QED) is 0.371. The summed E-state index contributed by atoms with van der Waals surface area (Å²) in [5, 5.41) is 14.8. The zero-order chi connectivity index (χ0) is 23.5. The number of aliphatic hydroxyl groups is 1. The van der Waals surface area contributed by atoms with Gasteiger partial charge in [0.2, 0.25) is 11.9 Å². The molecule has 1 atom stereocenters. The second kappa shape index (κ2) is 8.90. The van der Waals surface area contributed by atoms with Crippen LogP contribution in [0.15, 0.2) is 36.5 Å². The first-order valence-corrected chi connectivity index (χ1v) is 9.01. The summed E-state index contributed by atoms with van der Waals surface area (Å²) in [5.41, 5.74) is -2.69. The Morgan fingerprint density at radius 3 is 2.25 bits per heavy atom. The third-order valence-electron chi connectivity index (χ3n) is 3.89. The van der Waals surface area contributed by atoms with Gasteiger partial charge in [-0.2, -0.15) is 41.3 Å². The van der Waals surface area contributed by atoms with Gasteiger partial charge >= 0.3 is 12.4 Å². The highest BCUT2D eigenvalue weighted by atomic mass is 19.4. The van der Waals surface area contributed by atoms with Gasteiger partial charge in [-0.25, -0.2) is 4.98 Å². The van der Waals surface area contributed by atoms with Crippen LogP contribution in [0.25, 0.3) is 11.5 Å². The Morgan fingerprint density at radius 1 is 0.906 bits per heavy atom. The standard InChI is InChI=1S/C18H15F6N7O/c1-2-13(32)28-16-30-14(10-4-3-5-11(27-10)17(19,20)21)29-15(31-16)26-9-6-7-25-12(8-9)18(22,23)24/h3-8,13,32H,2H2,1H3,(H2,25,26,28,29,30,31). The molecule has 0 fully saturated rings. The van der Waals surface area contributed by atoms with Crippen molar-refractivity contribution in [1.29, 1.82) is 0 Å². The molecule has 0 saturated carbocycles. The Morgan fingerprint density at radius 2 is 1.59 bits per heavy atom. The average molecular weight is 459 g/mol. The van der Waals surface area contributed by atoms with Gasteiger partial charge in [0, 0.05) is 11.9 Å². The van der Waals surface area contributed by atoms with E-state index < -0.39 is 30.0 Å². The summed E-state index contributed by atoms with van der Waals surface area (Å²) in [6, 6.07) is 5.02. The van der Waals surface area contributed by atoms with Crippen molar-refractivity contribution in [2.45, 2.75) is 31.9 Å². The first kappa shape index (κ1) is 23.1. The van der Waals surface area contributed by atoms with Crippen LogP contribution in [-0.4, -0.2) is 36.3 Å². The third kappa shape index (κ3) is 5.78. The van der Waals surface area contributed by atoms with Crippen molar-refractivity contribution in [3.8, 4) is 11.5 Å². The van der Waals surface area contributed by atoms with E-state index in [0.29, 0.717) is 6.07 Å². The molecule has 0 radical (unpaired) electrons. The summed E-state index contributed by atoms with van der Waals surface area (Å²) in [5.74, 6) is -0.819. The second-order valence-electron chi connectivity index (χ2n) is 6.33. The van der Waals surface area contributed by atoms with Crippen LogP contribution in [0.4, 0.5) is 43.9 Å². The first-order chi connectivity index (χ1) is 15.0. The number of nitrogens with zero attached hydrogens (tertiary/aromatic N) is 5. The van der Waals surface area contributed by atoms with Gasteiger partial charge in [0.1, 0.15) is 23.3 Å². The number of halogens is 6. The molecular formula is C18H15F6N7O. The Balaban J connectivity index is 2.03. The molecule has 0 aliphatic heterocycles. The SMILES string of the molecule is CCC(O)Nc1nc(Nc2ccnc(C(F)(F)F)c2)nc(-c2cccc(C(F)(F)F)n2)n1. The minimum Gasteiger partial charge on any atom is -0.374 e. The molecule has 0 aromatic carbocycles. The largest absolute Gasteiger partial charge is 0.433 e. The minimum absolute atomic E-state index is 0.0801. The minimum atomic E-state index is -4.71. The molecular weight excluding hydrogens is 444 g/mol. The number of hydrogen-bond acceptors (Lipinski definition) is 8. The van der Waals surface area contributed by atoms with E-state index in [4.69, 9.17) is 0 Å². The predicted molar refractivity (Wildman–Crippen MR) is 101 cm³/mol. The monoisotopic (exact) mass is 459 g/mol. The topological polar surface area (TPSA) is 109 Å². The zero-order valence-electron chi connectivity index (χ0n) is 16.2. The summed E-state index contributed by atoms with van der Waals surface area (Å²) in [6.07, 6.45) is -9.34. The van der Waals surface area contributed by atoms with Gasteiger partial charge in [0.05, 0.1) is 0 Å². The predicted octanol–water partition coefficient (Wildman–Crippen LogP) is 4.25. The fourth-order valence-electron chi connectivity index (χ4n) is 2.37. The smallest absolute Gasteiger partial charge is 0.374 e.